The summed E-state index contributed by atoms with van der Waals surface area (Å²) >= 11 is 0. The summed E-state index contributed by atoms with van der Waals surface area (Å²) in [4.78, 5) is 12.2. The molecule has 3 spiro atoms. The van der Waals surface area contributed by atoms with Crippen molar-refractivity contribution in [1.29, 1.82) is 0 Å². The van der Waals surface area contributed by atoms with Gasteiger partial charge in [0.1, 0.15) is 0 Å². The number of hydrogen-bond donors (Lipinski definition) is 0. The van der Waals surface area contributed by atoms with Crippen LogP contribution in [0.1, 0.15) is 71.6 Å². The molecular weight excluding hydrogens is 320 g/mol. The molecule has 2 saturated heterocycles. The number of rotatable bonds is 1. The predicted molar refractivity (Wildman–Crippen MR) is 90.2 cm³/mol. The molecule has 3 aliphatic carbocycles. The van der Waals surface area contributed by atoms with E-state index in [0.717, 1.165) is 37.5 Å². The second-order valence-corrected chi connectivity index (χ2v) is 9.25. The van der Waals surface area contributed by atoms with E-state index < -0.39 is 17.4 Å². The van der Waals surface area contributed by atoms with Gasteiger partial charge in [-0.25, -0.2) is 0 Å². The van der Waals surface area contributed by atoms with Gasteiger partial charge in [-0.1, -0.05) is 13.8 Å². The summed E-state index contributed by atoms with van der Waals surface area (Å²) in [6.07, 6.45) is 9.46. The number of fused-ring (bicyclic) bond motifs is 3. The minimum atomic E-state index is -0.691. The van der Waals surface area contributed by atoms with E-state index in [4.69, 9.17) is 24.0 Å². The molecule has 0 N–H and O–H groups in total. The molecule has 6 unspecified atom stereocenters. The normalized spacial score (nSPS) is 51.6. The Morgan fingerprint density at radius 1 is 0.920 bits per heavy atom. The number of ether oxygens (including phenoxy) is 3. The second kappa shape index (κ2) is 5.90. The van der Waals surface area contributed by atoms with Gasteiger partial charge in [-0.05, 0) is 50.4 Å². The third-order valence-electron chi connectivity index (χ3n) is 7.43. The van der Waals surface area contributed by atoms with Crippen molar-refractivity contribution in [3.63, 3.8) is 0 Å². The molecule has 0 aromatic heterocycles. The van der Waals surface area contributed by atoms with Gasteiger partial charge >= 0.3 is 0 Å². The zero-order valence-corrected chi connectivity index (χ0v) is 15.6. The molecule has 6 atom stereocenters. The van der Waals surface area contributed by atoms with E-state index in [1.54, 1.807) is 0 Å². The Balaban J connectivity index is 1.42. The van der Waals surface area contributed by atoms with Crippen LogP contribution in [-0.4, -0.2) is 30.6 Å². The van der Waals surface area contributed by atoms with Gasteiger partial charge in [0, 0.05) is 24.7 Å². The molecule has 25 heavy (non-hydrogen) atoms. The second-order valence-electron chi connectivity index (χ2n) is 9.25. The first-order valence-corrected chi connectivity index (χ1v) is 10.4. The van der Waals surface area contributed by atoms with Crippen LogP contribution in [0.15, 0.2) is 0 Å². The van der Waals surface area contributed by atoms with Crippen LogP contribution in [0.5, 0.6) is 0 Å². The largest absolute Gasteiger partial charge is 0.347 e. The molecule has 0 aromatic rings. The summed E-state index contributed by atoms with van der Waals surface area (Å²) in [7, 11) is 0. The van der Waals surface area contributed by atoms with E-state index in [1.165, 1.54) is 25.7 Å². The van der Waals surface area contributed by atoms with Crippen molar-refractivity contribution in [2.24, 2.45) is 23.7 Å². The van der Waals surface area contributed by atoms with E-state index >= 15 is 0 Å². The Kier molecular flexibility index (Phi) is 4.00. The van der Waals surface area contributed by atoms with Crippen LogP contribution >= 0.6 is 0 Å². The number of hydrogen-bond acceptors (Lipinski definition) is 5. The monoisotopic (exact) mass is 352 g/mol. The van der Waals surface area contributed by atoms with Crippen molar-refractivity contribution in [2.45, 2.75) is 89.0 Å². The van der Waals surface area contributed by atoms with Gasteiger partial charge < -0.3 is 14.2 Å². The van der Waals surface area contributed by atoms with Crippen LogP contribution in [0.2, 0.25) is 0 Å². The van der Waals surface area contributed by atoms with Gasteiger partial charge in [0.05, 0.1) is 19.6 Å². The van der Waals surface area contributed by atoms with Crippen molar-refractivity contribution >= 4 is 0 Å². The fourth-order valence-electron chi connectivity index (χ4n) is 6.50. The first kappa shape index (κ1) is 16.9. The van der Waals surface area contributed by atoms with Gasteiger partial charge in [0.15, 0.2) is 5.79 Å². The highest BCUT2D eigenvalue weighted by atomic mass is 17.3. The summed E-state index contributed by atoms with van der Waals surface area (Å²) in [5.74, 6) is 0.676. The van der Waals surface area contributed by atoms with Crippen molar-refractivity contribution in [3.8, 4) is 0 Å². The maximum Gasteiger partial charge on any atom is 0.210 e. The quantitative estimate of drug-likeness (QED) is 0.663. The van der Waals surface area contributed by atoms with Gasteiger partial charge in [-0.15, -0.1) is 0 Å². The molecule has 5 heteroatoms. The summed E-state index contributed by atoms with van der Waals surface area (Å²) in [5, 5.41) is 0. The molecule has 0 amide bonds. The fourth-order valence-corrected chi connectivity index (χ4v) is 6.50. The lowest BCUT2D eigenvalue weighted by atomic mass is 9.61. The van der Waals surface area contributed by atoms with E-state index in [0.29, 0.717) is 31.5 Å². The minimum absolute atomic E-state index is 0.423. The molecule has 2 bridgehead atoms. The molecular formula is C20H32O5. The molecule has 5 nitrogen and oxygen atoms in total. The first-order valence-electron chi connectivity index (χ1n) is 10.4. The van der Waals surface area contributed by atoms with Crippen molar-refractivity contribution < 1.29 is 24.0 Å². The maximum atomic E-state index is 6.84. The van der Waals surface area contributed by atoms with Crippen molar-refractivity contribution in [2.75, 3.05) is 13.2 Å². The highest BCUT2D eigenvalue weighted by Crippen LogP contribution is 2.59. The zero-order chi connectivity index (χ0) is 17.1. The summed E-state index contributed by atoms with van der Waals surface area (Å²) < 4.78 is 18.8. The van der Waals surface area contributed by atoms with Crippen molar-refractivity contribution in [3.05, 3.63) is 0 Å². The van der Waals surface area contributed by atoms with Crippen LogP contribution in [0.3, 0.4) is 0 Å². The Bertz CT molecular complexity index is 516. The summed E-state index contributed by atoms with van der Waals surface area (Å²) in [6.45, 7) is 5.98. The molecule has 5 aliphatic rings. The Morgan fingerprint density at radius 2 is 1.72 bits per heavy atom. The van der Waals surface area contributed by atoms with E-state index in [9.17, 15) is 0 Å². The fraction of sp³-hybridized carbons (Fsp3) is 1.00. The molecule has 2 aliphatic heterocycles. The topological polar surface area (TPSA) is 46.2 Å². The molecule has 5 fully saturated rings. The molecule has 5 rings (SSSR count). The highest BCUT2D eigenvalue weighted by molar-refractivity contribution is 5.01. The van der Waals surface area contributed by atoms with Gasteiger partial charge in [0.2, 0.25) is 11.6 Å². The van der Waals surface area contributed by atoms with Gasteiger partial charge in [0.25, 0.3) is 0 Å². The lowest BCUT2D eigenvalue weighted by Gasteiger charge is -2.51. The van der Waals surface area contributed by atoms with Crippen molar-refractivity contribution in [1.82, 2.24) is 0 Å². The molecule has 0 radical (unpaired) electrons. The Labute approximate surface area is 150 Å². The minimum Gasteiger partial charge on any atom is -0.347 e. The van der Waals surface area contributed by atoms with Crippen LogP contribution < -0.4 is 0 Å². The summed E-state index contributed by atoms with van der Waals surface area (Å²) in [5.41, 5.74) is 0. The van der Waals surface area contributed by atoms with E-state index in [-0.39, 0.29) is 0 Å². The lowest BCUT2D eigenvalue weighted by Crippen LogP contribution is -2.56. The Hall–Kier alpha value is -0.200. The summed E-state index contributed by atoms with van der Waals surface area (Å²) in [6, 6.07) is 0. The van der Waals surface area contributed by atoms with Crippen LogP contribution in [0, 0.1) is 23.7 Å². The van der Waals surface area contributed by atoms with Gasteiger partial charge in [-0.3, -0.25) is 0 Å². The molecule has 142 valence electrons. The molecule has 0 aromatic carbocycles. The maximum absolute atomic E-state index is 6.84. The first-order chi connectivity index (χ1) is 12.1. The lowest BCUT2D eigenvalue weighted by molar-refractivity contribution is -0.388. The van der Waals surface area contributed by atoms with Crippen LogP contribution in [-0.2, 0) is 24.0 Å². The molecule has 2 heterocycles. The smallest absolute Gasteiger partial charge is 0.210 e. The van der Waals surface area contributed by atoms with E-state index in [1.807, 2.05) is 0 Å². The standard InChI is InChI=1S/C20H32O5/c1-3-16-11-15-9-14(2)10-17(12-15)20(16)23-19(24-25-20)6-4-5-18(13-19)21-7-8-22-18/h14-17H,3-13H2,1-2H3. The zero-order valence-electron chi connectivity index (χ0n) is 15.6. The predicted octanol–water partition coefficient (Wildman–Crippen LogP) is 4.16. The molecule has 3 saturated carbocycles. The van der Waals surface area contributed by atoms with Crippen LogP contribution in [0.4, 0.5) is 0 Å². The third kappa shape index (κ3) is 2.61. The highest BCUT2D eigenvalue weighted by Gasteiger charge is 2.65. The van der Waals surface area contributed by atoms with E-state index in [2.05, 4.69) is 13.8 Å². The Morgan fingerprint density at radius 3 is 2.52 bits per heavy atom. The average molecular weight is 352 g/mol. The van der Waals surface area contributed by atoms with Crippen LogP contribution in [0.25, 0.3) is 0 Å². The SMILES string of the molecule is CCC1CC2CC(C)CC(C2)C12OOC1(CCCC3(C1)OCCO3)O2. The van der Waals surface area contributed by atoms with Gasteiger partial charge in [-0.2, -0.15) is 9.78 Å². The average Bonchev–Trinajstić information content (AvgIpc) is 3.17. The third-order valence-corrected chi connectivity index (χ3v) is 7.43.